The minimum absolute atomic E-state index is 0. The minimum Gasteiger partial charge on any atom is -0.488 e. The van der Waals surface area contributed by atoms with Crippen molar-refractivity contribution in [3.8, 4) is 0 Å². The van der Waals surface area contributed by atoms with Crippen molar-refractivity contribution < 1.29 is 48.6 Å². The molecule has 5 heteroatoms. The van der Waals surface area contributed by atoms with Gasteiger partial charge in [0.15, 0.2) is 5.97 Å². The molecule has 4 nitrogen and oxygen atoms in total. The predicted octanol–water partition coefficient (Wildman–Crippen LogP) is 5.51. The Morgan fingerprint density at radius 2 is 0.848 bits per heavy atom. The van der Waals surface area contributed by atoms with Gasteiger partial charge in [-0.05, 0) is 12.8 Å². The third-order valence-electron chi connectivity index (χ3n) is 5.94. The Kier molecular flexibility index (Phi) is 31.6. The second-order valence-corrected chi connectivity index (χ2v) is 9.16. The minimum atomic E-state index is -0.406. The standard InChI is InChI=1S/C28H53O4.Na/c1-3-5-7-9-11-13-15-17-19-21-25-31-27(29)23-24-28(30)32-26-22-20-18-16-14-12-10-8-6-4-2;/h23H,3-22,24-26H2,1-2H3;/q-1;+1. The molecule has 33 heavy (non-hydrogen) atoms. The average molecular weight is 477 g/mol. The predicted molar refractivity (Wildman–Crippen MR) is 135 cm³/mol. The number of carbonyl (C=O) groups is 2. The molecule has 0 aliphatic rings. The number of unbranched alkanes of at least 4 members (excludes halogenated alkanes) is 18. The van der Waals surface area contributed by atoms with E-state index < -0.39 is 5.97 Å². The SMILES string of the molecule is CCCCCCCCCCCCOC(=O)[CH-]CC(=O)OCCCCCCCCCCCC.[Na+]. The molecule has 0 amide bonds. The summed E-state index contributed by atoms with van der Waals surface area (Å²) in [7, 11) is 0. The summed E-state index contributed by atoms with van der Waals surface area (Å²) in [6.45, 7) is 5.39. The molecule has 0 aromatic carbocycles. The summed E-state index contributed by atoms with van der Waals surface area (Å²) >= 11 is 0. The van der Waals surface area contributed by atoms with Crippen LogP contribution in [0.2, 0.25) is 0 Å². The second-order valence-electron chi connectivity index (χ2n) is 9.16. The van der Waals surface area contributed by atoms with Crippen molar-refractivity contribution in [1.29, 1.82) is 0 Å². The summed E-state index contributed by atoms with van der Waals surface area (Å²) in [6.07, 6.45) is 26.4. The first-order chi connectivity index (χ1) is 15.7. The van der Waals surface area contributed by atoms with Gasteiger partial charge in [-0.2, -0.15) is 0 Å². The van der Waals surface area contributed by atoms with Crippen molar-refractivity contribution in [1.82, 2.24) is 0 Å². The van der Waals surface area contributed by atoms with Gasteiger partial charge in [-0.25, -0.2) is 0 Å². The first-order valence-electron chi connectivity index (χ1n) is 13.9. The normalized spacial score (nSPS) is 10.5. The van der Waals surface area contributed by atoms with Crippen molar-refractivity contribution in [2.45, 2.75) is 149 Å². The van der Waals surface area contributed by atoms with Crippen LogP contribution in [0.3, 0.4) is 0 Å². The van der Waals surface area contributed by atoms with Crippen LogP contribution >= 0.6 is 0 Å². The maximum Gasteiger partial charge on any atom is 1.00 e. The summed E-state index contributed by atoms with van der Waals surface area (Å²) in [6, 6.07) is 0. The maximum absolute atomic E-state index is 11.7. The molecule has 0 aliphatic heterocycles. The van der Waals surface area contributed by atoms with Gasteiger partial charge in [-0.3, -0.25) is 16.0 Å². The topological polar surface area (TPSA) is 52.6 Å². The van der Waals surface area contributed by atoms with Crippen LogP contribution in [0.25, 0.3) is 0 Å². The zero-order valence-electron chi connectivity index (χ0n) is 22.5. The number of carbonyl (C=O) groups excluding carboxylic acids is 2. The quantitative estimate of drug-likeness (QED) is 0.0754. The van der Waals surface area contributed by atoms with Crippen LogP contribution in [0, 0.1) is 6.42 Å². The van der Waals surface area contributed by atoms with Gasteiger partial charge in [0, 0.05) is 0 Å². The molecule has 0 radical (unpaired) electrons. The molecule has 0 heterocycles. The average Bonchev–Trinajstić information content (AvgIpc) is 2.79. The summed E-state index contributed by atoms with van der Waals surface area (Å²) < 4.78 is 10.4. The fourth-order valence-electron chi connectivity index (χ4n) is 3.82. The van der Waals surface area contributed by atoms with E-state index in [-0.39, 0.29) is 41.9 Å². The van der Waals surface area contributed by atoms with E-state index in [4.69, 9.17) is 9.47 Å². The first-order valence-corrected chi connectivity index (χ1v) is 13.9. The molecule has 0 N–H and O–H groups in total. The monoisotopic (exact) mass is 476 g/mol. The Hall–Kier alpha value is -0.190. The largest absolute Gasteiger partial charge is 1.00 e. The van der Waals surface area contributed by atoms with Crippen LogP contribution in [0.4, 0.5) is 0 Å². The molecule has 190 valence electrons. The van der Waals surface area contributed by atoms with Crippen LogP contribution in [-0.2, 0) is 19.1 Å². The molecule has 0 rings (SSSR count). The second kappa shape index (κ2) is 29.8. The van der Waals surface area contributed by atoms with E-state index in [1.807, 2.05) is 0 Å². The Labute approximate surface area is 228 Å². The van der Waals surface area contributed by atoms with Crippen LogP contribution in [0.15, 0.2) is 0 Å². The van der Waals surface area contributed by atoms with Gasteiger partial charge in [0.1, 0.15) is 0 Å². The van der Waals surface area contributed by atoms with Crippen LogP contribution in [-0.4, -0.2) is 25.2 Å². The van der Waals surface area contributed by atoms with Crippen molar-refractivity contribution in [3.05, 3.63) is 6.42 Å². The Morgan fingerprint density at radius 1 is 0.515 bits per heavy atom. The molecular formula is C28H53NaO4. The molecule has 0 atom stereocenters. The zero-order chi connectivity index (χ0) is 23.5. The first kappa shape index (κ1) is 35.0. The molecule has 0 aromatic rings. The maximum atomic E-state index is 11.7. The number of hydrogen-bond acceptors (Lipinski definition) is 4. The smallest absolute Gasteiger partial charge is 0.488 e. The van der Waals surface area contributed by atoms with Crippen molar-refractivity contribution in [2.75, 3.05) is 13.2 Å². The molecule has 0 unspecified atom stereocenters. The van der Waals surface area contributed by atoms with E-state index >= 15 is 0 Å². The van der Waals surface area contributed by atoms with E-state index in [0.717, 1.165) is 25.7 Å². The van der Waals surface area contributed by atoms with Gasteiger partial charge >= 0.3 is 29.6 Å². The number of esters is 2. The fraction of sp³-hybridized carbons (Fsp3) is 0.893. The van der Waals surface area contributed by atoms with Crippen molar-refractivity contribution in [2.24, 2.45) is 0 Å². The molecule has 0 saturated carbocycles. The fourth-order valence-corrected chi connectivity index (χ4v) is 3.82. The van der Waals surface area contributed by atoms with Crippen LogP contribution in [0.5, 0.6) is 0 Å². The van der Waals surface area contributed by atoms with Gasteiger partial charge in [0.25, 0.3) is 5.97 Å². The third kappa shape index (κ3) is 29.8. The number of hydrogen-bond donors (Lipinski definition) is 0. The molecule has 0 bridgehead atoms. The molecule has 0 spiro atoms. The summed E-state index contributed by atoms with van der Waals surface area (Å²) in [5, 5.41) is 0. The van der Waals surface area contributed by atoms with Crippen LogP contribution in [0.1, 0.15) is 149 Å². The van der Waals surface area contributed by atoms with Gasteiger partial charge < -0.3 is 9.47 Å². The van der Waals surface area contributed by atoms with Crippen molar-refractivity contribution in [3.63, 3.8) is 0 Å². The Bertz CT molecular complexity index is 377. The van der Waals surface area contributed by atoms with Gasteiger partial charge in [-0.15, -0.1) is 0 Å². The van der Waals surface area contributed by atoms with E-state index in [1.165, 1.54) is 109 Å². The summed E-state index contributed by atoms with van der Waals surface area (Å²) in [5.74, 6) is -0.742. The van der Waals surface area contributed by atoms with Crippen LogP contribution < -0.4 is 29.6 Å². The Balaban J connectivity index is 0. The van der Waals surface area contributed by atoms with Gasteiger partial charge in [-0.1, -0.05) is 136 Å². The molecule has 0 saturated heterocycles. The molecule has 0 aromatic heterocycles. The number of ether oxygens (including phenoxy) is 2. The van der Waals surface area contributed by atoms with Gasteiger partial charge in [0.05, 0.1) is 13.2 Å². The Morgan fingerprint density at radius 3 is 1.24 bits per heavy atom. The van der Waals surface area contributed by atoms with Gasteiger partial charge in [0.2, 0.25) is 0 Å². The summed E-state index contributed by atoms with van der Waals surface area (Å²) in [4.78, 5) is 23.4. The molecular weight excluding hydrogens is 423 g/mol. The van der Waals surface area contributed by atoms with E-state index in [2.05, 4.69) is 13.8 Å². The number of rotatable bonds is 25. The summed E-state index contributed by atoms with van der Waals surface area (Å²) in [5.41, 5.74) is 0. The molecule has 0 fully saturated rings. The molecule has 0 aliphatic carbocycles. The van der Waals surface area contributed by atoms with E-state index in [1.54, 1.807) is 0 Å². The third-order valence-corrected chi connectivity index (χ3v) is 5.94. The van der Waals surface area contributed by atoms with E-state index in [9.17, 15) is 9.59 Å². The zero-order valence-corrected chi connectivity index (χ0v) is 24.5. The van der Waals surface area contributed by atoms with Crippen molar-refractivity contribution >= 4 is 11.9 Å². The van der Waals surface area contributed by atoms with E-state index in [0.29, 0.717) is 13.2 Å².